The van der Waals surface area contributed by atoms with Gasteiger partial charge in [0.1, 0.15) is 5.69 Å². The van der Waals surface area contributed by atoms with E-state index in [0.717, 1.165) is 18.5 Å². The van der Waals surface area contributed by atoms with Gasteiger partial charge in [-0.25, -0.2) is 0 Å². The van der Waals surface area contributed by atoms with E-state index >= 15 is 0 Å². The molecule has 1 fully saturated rings. The van der Waals surface area contributed by atoms with Crippen molar-refractivity contribution in [3.63, 3.8) is 0 Å². The SMILES string of the molecule is CC(C)(C)NC(=O)CNC(=O)c1cc(C2CC2)[nH]n1. The molecule has 2 amide bonds. The Bertz CT molecular complexity index is 483. The predicted molar refractivity (Wildman–Crippen MR) is 70.8 cm³/mol. The first-order valence-corrected chi connectivity index (χ1v) is 6.50. The van der Waals surface area contributed by atoms with Crippen LogP contribution in [0.25, 0.3) is 0 Å². The maximum atomic E-state index is 11.8. The molecule has 1 aromatic heterocycles. The summed E-state index contributed by atoms with van der Waals surface area (Å²) in [6.07, 6.45) is 2.30. The molecule has 0 spiro atoms. The van der Waals surface area contributed by atoms with E-state index in [1.165, 1.54) is 0 Å². The van der Waals surface area contributed by atoms with Gasteiger partial charge in [0.15, 0.2) is 0 Å². The molecule has 1 saturated carbocycles. The summed E-state index contributed by atoms with van der Waals surface area (Å²) in [4.78, 5) is 23.4. The van der Waals surface area contributed by atoms with E-state index in [1.807, 2.05) is 20.8 Å². The number of nitrogens with zero attached hydrogens (tertiary/aromatic N) is 1. The summed E-state index contributed by atoms with van der Waals surface area (Å²) in [7, 11) is 0. The first kappa shape index (κ1) is 13.6. The Balaban J connectivity index is 1.81. The lowest BCUT2D eigenvalue weighted by Gasteiger charge is -2.20. The molecule has 0 radical (unpaired) electrons. The molecular weight excluding hydrogens is 244 g/mol. The Hall–Kier alpha value is -1.85. The van der Waals surface area contributed by atoms with Crippen LogP contribution >= 0.6 is 0 Å². The highest BCUT2D eigenvalue weighted by Gasteiger charge is 2.26. The molecule has 2 rings (SSSR count). The fraction of sp³-hybridized carbons (Fsp3) is 0.615. The van der Waals surface area contributed by atoms with E-state index in [9.17, 15) is 9.59 Å². The molecule has 0 aromatic carbocycles. The van der Waals surface area contributed by atoms with Crippen LogP contribution in [0.5, 0.6) is 0 Å². The van der Waals surface area contributed by atoms with Crippen molar-refractivity contribution in [1.82, 2.24) is 20.8 Å². The molecule has 1 aliphatic carbocycles. The summed E-state index contributed by atoms with van der Waals surface area (Å²) in [6, 6.07) is 1.76. The van der Waals surface area contributed by atoms with Gasteiger partial charge < -0.3 is 10.6 Å². The molecule has 0 aliphatic heterocycles. The summed E-state index contributed by atoms with van der Waals surface area (Å²) in [5, 5.41) is 12.2. The van der Waals surface area contributed by atoms with E-state index in [1.54, 1.807) is 6.07 Å². The Morgan fingerprint density at radius 2 is 2.11 bits per heavy atom. The molecule has 1 heterocycles. The topological polar surface area (TPSA) is 86.9 Å². The fourth-order valence-corrected chi connectivity index (χ4v) is 1.77. The minimum Gasteiger partial charge on any atom is -0.350 e. The van der Waals surface area contributed by atoms with Crippen LogP contribution in [-0.4, -0.2) is 34.1 Å². The Kier molecular flexibility index (Phi) is 3.59. The fourth-order valence-electron chi connectivity index (χ4n) is 1.77. The van der Waals surface area contributed by atoms with Crippen molar-refractivity contribution in [1.29, 1.82) is 0 Å². The first-order chi connectivity index (χ1) is 8.85. The summed E-state index contributed by atoms with van der Waals surface area (Å²) < 4.78 is 0. The number of rotatable bonds is 4. The average Bonchev–Trinajstić information content (AvgIpc) is 3.02. The van der Waals surface area contributed by atoms with Gasteiger partial charge in [-0.2, -0.15) is 5.10 Å². The third-order valence-corrected chi connectivity index (χ3v) is 2.77. The predicted octanol–water partition coefficient (Wildman–Crippen LogP) is 0.932. The number of carbonyl (C=O) groups excluding carboxylic acids is 2. The van der Waals surface area contributed by atoms with Gasteiger partial charge in [-0.05, 0) is 39.7 Å². The molecule has 104 valence electrons. The molecule has 1 aliphatic rings. The smallest absolute Gasteiger partial charge is 0.272 e. The minimum atomic E-state index is -0.327. The van der Waals surface area contributed by atoms with Crippen molar-refractivity contribution in [2.45, 2.75) is 45.1 Å². The number of hydrogen-bond donors (Lipinski definition) is 3. The zero-order valence-electron chi connectivity index (χ0n) is 11.5. The van der Waals surface area contributed by atoms with Crippen molar-refractivity contribution in [2.75, 3.05) is 6.54 Å². The molecule has 19 heavy (non-hydrogen) atoms. The second-order valence-corrected chi connectivity index (χ2v) is 5.96. The van der Waals surface area contributed by atoms with Gasteiger partial charge >= 0.3 is 0 Å². The van der Waals surface area contributed by atoms with Crippen molar-refractivity contribution >= 4 is 11.8 Å². The van der Waals surface area contributed by atoms with Crippen LogP contribution in [0.1, 0.15) is 55.7 Å². The molecule has 6 nitrogen and oxygen atoms in total. The van der Waals surface area contributed by atoms with Gasteiger partial charge in [0.25, 0.3) is 5.91 Å². The normalized spacial score (nSPS) is 15.1. The van der Waals surface area contributed by atoms with Crippen LogP contribution in [0.2, 0.25) is 0 Å². The van der Waals surface area contributed by atoms with Gasteiger partial charge in [0, 0.05) is 17.2 Å². The van der Waals surface area contributed by atoms with Gasteiger partial charge in [0.2, 0.25) is 5.91 Å². The third-order valence-electron chi connectivity index (χ3n) is 2.77. The molecule has 1 aromatic rings. The summed E-state index contributed by atoms with van der Waals surface area (Å²) in [5.41, 5.74) is 1.04. The lowest BCUT2D eigenvalue weighted by molar-refractivity contribution is -0.121. The summed E-state index contributed by atoms with van der Waals surface area (Å²) in [6.45, 7) is 5.63. The number of hydrogen-bond acceptors (Lipinski definition) is 3. The number of carbonyl (C=O) groups is 2. The van der Waals surface area contributed by atoms with Gasteiger partial charge in [-0.3, -0.25) is 14.7 Å². The highest BCUT2D eigenvalue weighted by Crippen LogP contribution is 2.38. The van der Waals surface area contributed by atoms with E-state index in [0.29, 0.717) is 11.6 Å². The number of H-pyrrole nitrogens is 1. The molecule has 3 N–H and O–H groups in total. The molecule has 6 heteroatoms. The highest BCUT2D eigenvalue weighted by molar-refractivity contribution is 5.95. The van der Waals surface area contributed by atoms with E-state index < -0.39 is 0 Å². The van der Waals surface area contributed by atoms with E-state index in [2.05, 4.69) is 20.8 Å². The van der Waals surface area contributed by atoms with Crippen LogP contribution in [0.15, 0.2) is 6.07 Å². The zero-order chi connectivity index (χ0) is 14.0. The quantitative estimate of drug-likeness (QED) is 0.756. The number of nitrogens with one attached hydrogen (secondary N) is 3. The Labute approximate surface area is 112 Å². The second kappa shape index (κ2) is 5.03. The highest BCUT2D eigenvalue weighted by atomic mass is 16.2. The first-order valence-electron chi connectivity index (χ1n) is 6.50. The molecule has 0 saturated heterocycles. The van der Waals surface area contributed by atoms with Gasteiger partial charge in [-0.1, -0.05) is 0 Å². The van der Waals surface area contributed by atoms with Crippen molar-refractivity contribution in [3.8, 4) is 0 Å². The maximum Gasteiger partial charge on any atom is 0.272 e. The number of aromatic nitrogens is 2. The lowest BCUT2D eigenvalue weighted by Crippen LogP contribution is -2.45. The number of aromatic amines is 1. The van der Waals surface area contributed by atoms with Crippen LogP contribution in [0, 0.1) is 0 Å². The second-order valence-electron chi connectivity index (χ2n) is 5.96. The van der Waals surface area contributed by atoms with Crippen LogP contribution in [-0.2, 0) is 4.79 Å². The monoisotopic (exact) mass is 264 g/mol. The Morgan fingerprint density at radius 1 is 1.42 bits per heavy atom. The standard InChI is InChI=1S/C13H20N4O2/c1-13(2,3)15-11(18)7-14-12(19)10-6-9(16-17-10)8-4-5-8/h6,8H,4-5,7H2,1-3H3,(H,14,19)(H,15,18)(H,16,17). The van der Waals surface area contributed by atoms with Crippen LogP contribution in [0.3, 0.4) is 0 Å². The minimum absolute atomic E-state index is 0.0400. The van der Waals surface area contributed by atoms with Gasteiger partial charge in [-0.15, -0.1) is 0 Å². The van der Waals surface area contributed by atoms with E-state index in [4.69, 9.17) is 0 Å². The molecule has 0 unspecified atom stereocenters. The van der Waals surface area contributed by atoms with Crippen molar-refractivity contribution in [3.05, 3.63) is 17.5 Å². The van der Waals surface area contributed by atoms with Gasteiger partial charge in [0.05, 0.1) is 6.54 Å². The third kappa shape index (κ3) is 4.08. The van der Waals surface area contributed by atoms with Crippen LogP contribution in [0.4, 0.5) is 0 Å². The summed E-state index contributed by atoms with van der Waals surface area (Å²) in [5.74, 6) is -0.00995. The molecule has 0 atom stereocenters. The van der Waals surface area contributed by atoms with Crippen molar-refractivity contribution < 1.29 is 9.59 Å². The average molecular weight is 264 g/mol. The maximum absolute atomic E-state index is 11.8. The lowest BCUT2D eigenvalue weighted by atomic mass is 10.1. The summed E-state index contributed by atoms with van der Waals surface area (Å²) >= 11 is 0. The molecular formula is C13H20N4O2. The van der Waals surface area contributed by atoms with Crippen LogP contribution < -0.4 is 10.6 Å². The van der Waals surface area contributed by atoms with Crippen molar-refractivity contribution in [2.24, 2.45) is 0 Å². The molecule has 0 bridgehead atoms. The zero-order valence-corrected chi connectivity index (χ0v) is 11.5. The number of amides is 2. The van der Waals surface area contributed by atoms with E-state index in [-0.39, 0.29) is 23.9 Å². The largest absolute Gasteiger partial charge is 0.350 e. The Morgan fingerprint density at radius 3 is 2.68 bits per heavy atom.